The third-order valence-electron chi connectivity index (χ3n) is 5.55. The number of amides is 1. The van der Waals surface area contributed by atoms with Gasteiger partial charge in [0, 0.05) is 47.6 Å². The van der Waals surface area contributed by atoms with Gasteiger partial charge in [-0.05, 0) is 62.1 Å². The number of nitrogen functional groups attached to an aromatic ring is 2. The largest absolute Gasteiger partial charge is 0.397 e. The number of hydrogen-bond donors (Lipinski definition) is 3. The molecule has 0 saturated carbocycles. The third kappa shape index (κ3) is 5.94. The van der Waals surface area contributed by atoms with Crippen LogP contribution >= 0.6 is 11.8 Å². The molecule has 194 valence electrons. The van der Waals surface area contributed by atoms with Gasteiger partial charge < -0.3 is 16.8 Å². The number of nitrogens with zero attached hydrogens (tertiary/aromatic N) is 4. The van der Waals surface area contributed by atoms with Crippen molar-refractivity contribution in [2.75, 3.05) is 17.7 Å². The summed E-state index contributed by atoms with van der Waals surface area (Å²) in [6, 6.07) is 10.3. The fraction of sp³-hybridized carbons (Fsp3) is 0.185. The van der Waals surface area contributed by atoms with Crippen molar-refractivity contribution >= 4 is 35.0 Å². The minimum absolute atomic E-state index is 0.0132. The number of benzene rings is 1. The molecule has 0 atom stereocenters. The summed E-state index contributed by atoms with van der Waals surface area (Å²) in [7, 11) is 0. The van der Waals surface area contributed by atoms with Crippen LogP contribution in [0.5, 0.6) is 0 Å². The van der Waals surface area contributed by atoms with E-state index in [1.807, 2.05) is 20.1 Å². The molecule has 0 aliphatic rings. The highest BCUT2D eigenvalue weighted by Gasteiger charge is 2.19. The summed E-state index contributed by atoms with van der Waals surface area (Å²) in [6.45, 7) is 3.66. The molecule has 0 bridgehead atoms. The summed E-state index contributed by atoms with van der Waals surface area (Å²) in [5.41, 5.74) is 14.5. The zero-order chi connectivity index (χ0) is 27.4. The number of aromatic nitrogens is 4. The molecule has 1 amide bonds. The summed E-state index contributed by atoms with van der Waals surface area (Å²) in [5, 5.41) is 3.27. The van der Waals surface area contributed by atoms with E-state index in [2.05, 4.69) is 25.3 Å². The van der Waals surface area contributed by atoms with Crippen molar-refractivity contribution < 1.29 is 14.0 Å². The van der Waals surface area contributed by atoms with Crippen LogP contribution in [0.15, 0.2) is 60.0 Å². The third-order valence-corrected chi connectivity index (χ3v) is 6.10. The van der Waals surface area contributed by atoms with Crippen molar-refractivity contribution in [1.82, 2.24) is 25.3 Å². The first-order chi connectivity index (χ1) is 18.2. The number of halogens is 1. The van der Waals surface area contributed by atoms with Crippen molar-refractivity contribution in [3.63, 3.8) is 0 Å². The Kier molecular flexibility index (Phi) is 7.96. The molecule has 4 aromatic rings. The normalized spacial score (nSPS) is 11.0. The number of thioether (sulfide) groups is 1. The van der Waals surface area contributed by atoms with Crippen LogP contribution in [-0.4, -0.2) is 43.9 Å². The number of pyridine rings is 2. The second kappa shape index (κ2) is 11.3. The van der Waals surface area contributed by atoms with Gasteiger partial charge in [0.25, 0.3) is 5.91 Å². The van der Waals surface area contributed by atoms with E-state index in [9.17, 15) is 14.0 Å². The van der Waals surface area contributed by atoms with Crippen LogP contribution in [0.1, 0.15) is 40.3 Å². The van der Waals surface area contributed by atoms with E-state index in [4.69, 9.17) is 11.5 Å². The van der Waals surface area contributed by atoms with Gasteiger partial charge >= 0.3 is 0 Å². The Hall–Kier alpha value is -4.38. The number of anilines is 2. The second-order valence-corrected chi connectivity index (χ2v) is 9.53. The molecule has 3 aromatic heterocycles. The fourth-order valence-corrected chi connectivity index (χ4v) is 4.18. The quantitative estimate of drug-likeness (QED) is 0.173. The van der Waals surface area contributed by atoms with Gasteiger partial charge in [-0.2, -0.15) is 0 Å². The zero-order valence-electron chi connectivity index (χ0n) is 21.0. The SMILES string of the molecule is CSc1nc(N)cc(-c2ccncc2CC(=O)c2nc(-c3cc(C(=O)NC(C)C)ccc3F)ccc2N)n1. The highest BCUT2D eigenvalue weighted by atomic mass is 32.2. The zero-order valence-corrected chi connectivity index (χ0v) is 21.8. The van der Waals surface area contributed by atoms with Crippen molar-refractivity contribution in [3.8, 4) is 22.5 Å². The van der Waals surface area contributed by atoms with Gasteiger partial charge in [-0.15, -0.1) is 0 Å². The second-order valence-electron chi connectivity index (χ2n) is 8.75. The van der Waals surface area contributed by atoms with Gasteiger partial charge in [-0.1, -0.05) is 11.8 Å². The maximum Gasteiger partial charge on any atom is 0.251 e. The van der Waals surface area contributed by atoms with Crippen molar-refractivity contribution in [3.05, 3.63) is 77.5 Å². The highest BCUT2D eigenvalue weighted by molar-refractivity contribution is 7.98. The molecule has 3 heterocycles. The molecule has 0 spiro atoms. The molecule has 38 heavy (non-hydrogen) atoms. The molecule has 0 aliphatic heterocycles. The fourth-order valence-electron chi connectivity index (χ4n) is 3.80. The maximum atomic E-state index is 14.8. The standard InChI is InChI=1S/C27H26FN7O2S/c1-14(2)32-26(37)15-4-5-19(28)18(10-15)21-7-6-20(29)25(33-21)23(36)11-16-13-31-9-8-17(16)22-12-24(30)35-27(34-22)38-3/h4-10,12-14H,11,29H2,1-3H3,(H,32,37)(H2,30,34,35). The van der Waals surface area contributed by atoms with Crippen molar-refractivity contribution in [2.24, 2.45) is 0 Å². The van der Waals surface area contributed by atoms with Gasteiger partial charge in [0.2, 0.25) is 0 Å². The molecule has 5 N–H and O–H groups in total. The lowest BCUT2D eigenvalue weighted by Gasteiger charge is -2.12. The van der Waals surface area contributed by atoms with Crippen molar-refractivity contribution in [2.45, 2.75) is 31.5 Å². The molecular formula is C27H26FN7O2S. The Labute approximate surface area is 223 Å². The maximum absolute atomic E-state index is 14.8. The van der Waals surface area contributed by atoms with Gasteiger partial charge in [0.15, 0.2) is 10.9 Å². The first kappa shape index (κ1) is 26.7. The Morgan fingerprint density at radius 2 is 1.79 bits per heavy atom. The van der Waals surface area contributed by atoms with Gasteiger partial charge in [0.1, 0.15) is 17.3 Å². The van der Waals surface area contributed by atoms with Crippen LogP contribution in [0.2, 0.25) is 0 Å². The lowest BCUT2D eigenvalue weighted by atomic mass is 9.99. The molecule has 9 nitrogen and oxygen atoms in total. The minimum atomic E-state index is -0.581. The average molecular weight is 532 g/mol. The number of nitrogens with two attached hydrogens (primary N) is 2. The molecular weight excluding hydrogens is 505 g/mol. The number of ketones is 1. The van der Waals surface area contributed by atoms with Crippen LogP contribution in [0.25, 0.3) is 22.5 Å². The molecule has 0 saturated heterocycles. The molecule has 0 unspecified atom stereocenters. The number of hydrogen-bond acceptors (Lipinski definition) is 9. The number of carbonyl (C=O) groups is 2. The number of Topliss-reactive ketones (excluding diaryl/α,β-unsaturated/α-hetero) is 1. The molecule has 1 aromatic carbocycles. The van der Waals surface area contributed by atoms with Crippen LogP contribution in [0.4, 0.5) is 15.9 Å². The van der Waals surface area contributed by atoms with Crippen LogP contribution in [0.3, 0.4) is 0 Å². The van der Waals surface area contributed by atoms with E-state index >= 15 is 0 Å². The predicted octanol–water partition coefficient (Wildman–Crippen LogP) is 4.19. The van der Waals surface area contributed by atoms with Gasteiger partial charge in [0.05, 0.1) is 17.1 Å². The predicted molar refractivity (Wildman–Crippen MR) is 146 cm³/mol. The van der Waals surface area contributed by atoms with Crippen LogP contribution in [-0.2, 0) is 6.42 Å². The average Bonchev–Trinajstić information content (AvgIpc) is 2.88. The molecule has 0 radical (unpaired) electrons. The number of nitrogens with one attached hydrogen (secondary N) is 1. The van der Waals surface area contributed by atoms with E-state index < -0.39 is 5.82 Å². The van der Waals surface area contributed by atoms with Crippen LogP contribution < -0.4 is 16.8 Å². The Balaban J connectivity index is 1.68. The monoisotopic (exact) mass is 531 g/mol. The Bertz CT molecular complexity index is 1530. The van der Waals surface area contributed by atoms with Gasteiger partial charge in [-0.3, -0.25) is 14.6 Å². The van der Waals surface area contributed by atoms with E-state index in [1.54, 1.807) is 24.5 Å². The highest BCUT2D eigenvalue weighted by Crippen LogP contribution is 2.28. The summed E-state index contributed by atoms with van der Waals surface area (Å²) in [4.78, 5) is 43.0. The number of carbonyl (C=O) groups excluding carboxylic acids is 2. The molecule has 11 heteroatoms. The van der Waals surface area contributed by atoms with E-state index in [-0.39, 0.29) is 52.4 Å². The Morgan fingerprint density at radius 3 is 2.53 bits per heavy atom. The molecule has 0 fully saturated rings. The number of rotatable bonds is 8. The van der Waals surface area contributed by atoms with E-state index in [0.29, 0.717) is 27.8 Å². The topological polar surface area (TPSA) is 150 Å². The summed E-state index contributed by atoms with van der Waals surface area (Å²) >= 11 is 1.35. The van der Waals surface area contributed by atoms with Crippen molar-refractivity contribution in [1.29, 1.82) is 0 Å². The lowest BCUT2D eigenvalue weighted by Crippen LogP contribution is -2.30. The van der Waals surface area contributed by atoms with Gasteiger partial charge in [-0.25, -0.2) is 19.3 Å². The van der Waals surface area contributed by atoms with Crippen LogP contribution in [0, 0.1) is 5.82 Å². The molecule has 0 aliphatic carbocycles. The minimum Gasteiger partial charge on any atom is -0.397 e. The first-order valence-corrected chi connectivity index (χ1v) is 12.9. The lowest BCUT2D eigenvalue weighted by molar-refractivity contribution is 0.0941. The Morgan fingerprint density at radius 1 is 1.00 bits per heavy atom. The molecule has 4 rings (SSSR count). The summed E-state index contributed by atoms with van der Waals surface area (Å²) in [6.07, 6.45) is 4.92. The van der Waals surface area contributed by atoms with E-state index in [1.165, 1.54) is 42.1 Å². The van der Waals surface area contributed by atoms with E-state index in [0.717, 1.165) is 0 Å². The summed E-state index contributed by atoms with van der Waals surface area (Å²) < 4.78 is 14.8. The summed E-state index contributed by atoms with van der Waals surface area (Å²) in [5.74, 6) is -1.01. The smallest absolute Gasteiger partial charge is 0.251 e. The first-order valence-electron chi connectivity index (χ1n) is 11.7.